The van der Waals surface area contributed by atoms with Crippen LogP contribution >= 0.6 is 0 Å². The van der Waals surface area contributed by atoms with Gasteiger partial charge in [-0.1, -0.05) is 31.9 Å². The molecule has 2 aromatic carbocycles. The van der Waals surface area contributed by atoms with Crippen molar-refractivity contribution in [3.63, 3.8) is 0 Å². The second kappa shape index (κ2) is 10.1. The molecule has 3 N–H and O–H groups in total. The van der Waals surface area contributed by atoms with Crippen LogP contribution in [0, 0.1) is 0 Å². The Hall–Kier alpha value is -3.94. The van der Waals surface area contributed by atoms with Gasteiger partial charge in [-0.3, -0.25) is 4.79 Å². The van der Waals surface area contributed by atoms with Gasteiger partial charge < -0.3 is 15.8 Å². The van der Waals surface area contributed by atoms with Crippen LogP contribution in [0.3, 0.4) is 0 Å². The molecule has 0 aliphatic heterocycles. The molecule has 0 radical (unpaired) electrons. The second-order valence-electron chi connectivity index (χ2n) is 7.67. The molecule has 4 aromatic rings. The predicted octanol–water partition coefficient (Wildman–Crippen LogP) is 4.37. The highest BCUT2D eigenvalue weighted by molar-refractivity contribution is 6.10. The monoisotopic (exact) mass is 444 g/mol. The fourth-order valence-corrected chi connectivity index (χ4v) is 3.59. The number of nitrogens with one attached hydrogen (secondary N) is 1. The molecule has 0 spiro atoms. The molecule has 4 rings (SSSR count). The standard InChI is InChI=1S/C25H28N6O2/c1-3-5-8-15-27-25(32)21-22-24(30-20-10-7-6-9-19(20)29-22)31(23(21)26)28-16-17-11-13-18(14-12-17)33-4-2/h6-7,9-14,16H,3-5,8,15,26H2,1-2H3,(H,27,32)/b28-16+. The van der Waals surface area contributed by atoms with E-state index in [0.717, 1.165) is 30.6 Å². The number of hydrogen-bond acceptors (Lipinski definition) is 6. The van der Waals surface area contributed by atoms with Gasteiger partial charge in [0, 0.05) is 6.54 Å². The van der Waals surface area contributed by atoms with E-state index in [9.17, 15) is 4.79 Å². The Morgan fingerprint density at radius 1 is 1.09 bits per heavy atom. The lowest BCUT2D eigenvalue weighted by Gasteiger charge is -2.05. The molecule has 2 aromatic heterocycles. The van der Waals surface area contributed by atoms with Crippen molar-refractivity contribution in [2.24, 2.45) is 5.10 Å². The molecule has 0 saturated carbocycles. The fraction of sp³-hybridized carbons (Fsp3) is 0.280. The summed E-state index contributed by atoms with van der Waals surface area (Å²) < 4.78 is 6.96. The van der Waals surface area contributed by atoms with E-state index in [0.29, 0.717) is 40.9 Å². The van der Waals surface area contributed by atoms with E-state index in [2.05, 4.69) is 17.3 Å². The van der Waals surface area contributed by atoms with Crippen molar-refractivity contribution in [2.75, 3.05) is 18.9 Å². The minimum absolute atomic E-state index is 0.204. The summed E-state index contributed by atoms with van der Waals surface area (Å²) in [6.07, 6.45) is 4.71. The summed E-state index contributed by atoms with van der Waals surface area (Å²) in [6.45, 7) is 5.25. The molecule has 0 bridgehead atoms. The zero-order chi connectivity index (χ0) is 23.2. The molecule has 0 unspecified atom stereocenters. The molecule has 33 heavy (non-hydrogen) atoms. The molecular weight excluding hydrogens is 416 g/mol. The minimum atomic E-state index is -0.270. The number of nitrogens with two attached hydrogens (primary N) is 1. The van der Waals surface area contributed by atoms with Crippen molar-refractivity contribution < 1.29 is 9.53 Å². The number of carbonyl (C=O) groups is 1. The maximum absolute atomic E-state index is 13.0. The van der Waals surface area contributed by atoms with E-state index in [1.54, 1.807) is 6.21 Å². The van der Waals surface area contributed by atoms with Crippen molar-refractivity contribution in [1.29, 1.82) is 0 Å². The zero-order valence-electron chi connectivity index (χ0n) is 18.9. The largest absolute Gasteiger partial charge is 0.494 e. The van der Waals surface area contributed by atoms with E-state index in [1.807, 2.05) is 55.5 Å². The van der Waals surface area contributed by atoms with Crippen molar-refractivity contribution in [3.05, 3.63) is 59.7 Å². The third kappa shape index (κ3) is 4.79. The van der Waals surface area contributed by atoms with Crippen LogP contribution in [-0.4, -0.2) is 39.9 Å². The van der Waals surface area contributed by atoms with Crippen LogP contribution < -0.4 is 15.8 Å². The van der Waals surface area contributed by atoms with E-state index in [-0.39, 0.29) is 11.7 Å². The van der Waals surface area contributed by atoms with Crippen molar-refractivity contribution in [2.45, 2.75) is 33.1 Å². The van der Waals surface area contributed by atoms with Gasteiger partial charge in [0.1, 0.15) is 22.6 Å². The van der Waals surface area contributed by atoms with Crippen LogP contribution in [0.25, 0.3) is 22.2 Å². The van der Waals surface area contributed by atoms with Crippen LogP contribution in [0.4, 0.5) is 5.82 Å². The van der Waals surface area contributed by atoms with Gasteiger partial charge in [0.15, 0.2) is 5.65 Å². The minimum Gasteiger partial charge on any atom is -0.494 e. The Morgan fingerprint density at radius 3 is 2.52 bits per heavy atom. The average Bonchev–Trinajstić information content (AvgIpc) is 3.10. The van der Waals surface area contributed by atoms with Gasteiger partial charge in [-0.15, -0.1) is 0 Å². The Kier molecular flexibility index (Phi) is 6.83. The molecule has 8 nitrogen and oxygen atoms in total. The Morgan fingerprint density at radius 2 is 1.82 bits per heavy atom. The molecule has 0 atom stereocenters. The average molecular weight is 445 g/mol. The summed E-state index contributed by atoms with van der Waals surface area (Å²) in [4.78, 5) is 22.4. The van der Waals surface area contributed by atoms with E-state index >= 15 is 0 Å². The highest BCUT2D eigenvalue weighted by Crippen LogP contribution is 2.28. The third-order valence-electron chi connectivity index (χ3n) is 5.28. The lowest BCUT2D eigenvalue weighted by molar-refractivity contribution is 0.0955. The number of carbonyl (C=O) groups excluding carboxylic acids is 1. The van der Waals surface area contributed by atoms with Gasteiger partial charge >= 0.3 is 0 Å². The number of unbranched alkanes of at least 4 members (excludes halogenated alkanes) is 2. The first-order chi connectivity index (χ1) is 16.1. The van der Waals surface area contributed by atoms with Gasteiger partial charge in [-0.2, -0.15) is 9.78 Å². The number of nitrogen functional groups attached to an aromatic ring is 1. The number of benzene rings is 2. The molecule has 1 amide bonds. The summed E-state index contributed by atoms with van der Waals surface area (Å²) in [6, 6.07) is 15.1. The first-order valence-electron chi connectivity index (χ1n) is 11.2. The molecule has 0 aliphatic carbocycles. The number of rotatable bonds is 9. The van der Waals surface area contributed by atoms with Crippen LogP contribution in [0.2, 0.25) is 0 Å². The normalized spacial score (nSPS) is 11.5. The Bertz CT molecular complexity index is 1290. The lowest BCUT2D eigenvalue weighted by atomic mass is 10.2. The first-order valence-corrected chi connectivity index (χ1v) is 11.2. The van der Waals surface area contributed by atoms with Crippen LogP contribution in [0.1, 0.15) is 49.0 Å². The molecular formula is C25H28N6O2. The molecule has 8 heteroatoms. The number of anilines is 1. The second-order valence-corrected chi connectivity index (χ2v) is 7.67. The summed E-state index contributed by atoms with van der Waals surface area (Å²) in [5, 5.41) is 7.50. The van der Waals surface area contributed by atoms with Gasteiger partial charge in [-0.05, 0) is 55.3 Å². The first kappa shape index (κ1) is 22.3. The number of nitrogens with zero attached hydrogens (tertiary/aromatic N) is 4. The smallest absolute Gasteiger partial charge is 0.257 e. The van der Waals surface area contributed by atoms with Crippen LogP contribution in [0.15, 0.2) is 53.6 Å². The molecule has 170 valence electrons. The van der Waals surface area contributed by atoms with Crippen LogP contribution in [0.5, 0.6) is 5.75 Å². The lowest BCUT2D eigenvalue weighted by Crippen LogP contribution is -2.25. The number of amides is 1. The fourth-order valence-electron chi connectivity index (χ4n) is 3.59. The van der Waals surface area contributed by atoms with E-state index in [4.69, 9.17) is 20.4 Å². The van der Waals surface area contributed by atoms with Crippen molar-refractivity contribution in [1.82, 2.24) is 20.0 Å². The highest BCUT2D eigenvalue weighted by Gasteiger charge is 2.23. The van der Waals surface area contributed by atoms with Crippen molar-refractivity contribution in [3.8, 4) is 5.75 Å². The van der Waals surface area contributed by atoms with Crippen LogP contribution in [-0.2, 0) is 0 Å². The molecule has 0 aliphatic rings. The molecule has 0 fully saturated rings. The number of ether oxygens (including phenoxy) is 1. The zero-order valence-corrected chi connectivity index (χ0v) is 18.9. The summed E-state index contributed by atoms with van der Waals surface area (Å²) in [5.41, 5.74) is 9.85. The topological polar surface area (TPSA) is 107 Å². The number of aromatic nitrogens is 3. The summed E-state index contributed by atoms with van der Waals surface area (Å²) >= 11 is 0. The third-order valence-corrected chi connectivity index (χ3v) is 5.28. The van der Waals surface area contributed by atoms with Crippen molar-refractivity contribution >= 4 is 40.1 Å². The Balaban J connectivity index is 1.75. The van der Waals surface area contributed by atoms with Gasteiger partial charge in [-0.25, -0.2) is 9.97 Å². The quantitative estimate of drug-likeness (QED) is 0.294. The maximum Gasteiger partial charge on any atom is 0.257 e. The summed E-state index contributed by atoms with van der Waals surface area (Å²) in [7, 11) is 0. The molecule has 0 saturated heterocycles. The van der Waals surface area contributed by atoms with E-state index < -0.39 is 0 Å². The summed E-state index contributed by atoms with van der Waals surface area (Å²) in [5.74, 6) is 0.726. The molecule has 2 heterocycles. The predicted molar refractivity (Wildman–Crippen MR) is 132 cm³/mol. The van der Waals surface area contributed by atoms with E-state index in [1.165, 1.54) is 4.68 Å². The van der Waals surface area contributed by atoms with Gasteiger partial charge in [0.25, 0.3) is 5.91 Å². The maximum atomic E-state index is 13.0. The number of hydrogen-bond donors (Lipinski definition) is 2. The SMILES string of the molecule is CCCCCNC(=O)c1c(N)n(/N=C/c2ccc(OCC)cc2)c2nc3ccccc3nc12. The number of para-hydroxylation sites is 2. The highest BCUT2D eigenvalue weighted by atomic mass is 16.5. The van der Waals surface area contributed by atoms with Gasteiger partial charge in [0.2, 0.25) is 0 Å². The Labute approximate surface area is 192 Å². The number of fused-ring (bicyclic) bond motifs is 2. The van der Waals surface area contributed by atoms with Gasteiger partial charge in [0.05, 0.1) is 23.9 Å².